The monoisotopic (exact) mass is 662 g/mol. The third-order valence-electron chi connectivity index (χ3n) is 10.6. The lowest BCUT2D eigenvalue weighted by Gasteiger charge is -2.16. The number of hydrogen-bond donors (Lipinski definition) is 0. The summed E-state index contributed by atoms with van der Waals surface area (Å²) in [6.45, 7) is 18.4. The minimum Gasteiger partial charge on any atom is -0.307 e. The molecule has 0 aromatic rings. The molecule has 2 heteroatoms. The standard InChI is InChI=1S/C28H57N.C16H32.CH2O/c1-6-8-10-12-15-19-25-29(5)26-20-16-13-14-18-22-28(4)24-23-27(3)21-17-11-9-7-2;1-16-14-12-10-8-6-4-2-3-5-7-9-11-13-15-16;1-2/h27H,4,6-26H2,1-3,5H3;16H,2-15H2,1H3;1H2. The van der Waals surface area contributed by atoms with Crippen LogP contribution in [0, 0.1) is 11.8 Å². The molecule has 47 heavy (non-hydrogen) atoms. The molecule has 1 saturated carbocycles. The predicted molar refractivity (Wildman–Crippen MR) is 216 cm³/mol. The maximum Gasteiger partial charge on any atom is 0.106 e. The van der Waals surface area contributed by atoms with Gasteiger partial charge in [-0.3, -0.25) is 0 Å². The Morgan fingerprint density at radius 1 is 0.553 bits per heavy atom. The fourth-order valence-electron chi connectivity index (χ4n) is 7.10. The first kappa shape index (κ1) is 48.5. The van der Waals surface area contributed by atoms with E-state index in [0.717, 1.165) is 11.8 Å². The molecular weight excluding hydrogens is 571 g/mol. The quantitative estimate of drug-likeness (QED) is 0.0802. The number of rotatable bonds is 23. The molecule has 282 valence electrons. The van der Waals surface area contributed by atoms with Gasteiger partial charge in [0.1, 0.15) is 6.79 Å². The van der Waals surface area contributed by atoms with E-state index in [1.807, 2.05) is 6.79 Å². The van der Waals surface area contributed by atoms with Crippen molar-refractivity contribution in [2.24, 2.45) is 11.8 Å². The Morgan fingerprint density at radius 2 is 0.936 bits per heavy atom. The van der Waals surface area contributed by atoms with Crippen molar-refractivity contribution in [3.8, 4) is 0 Å². The van der Waals surface area contributed by atoms with Crippen LogP contribution in [0.1, 0.15) is 240 Å². The van der Waals surface area contributed by atoms with Gasteiger partial charge in [-0.1, -0.05) is 213 Å². The highest BCUT2D eigenvalue weighted by Crippen LogP contribution is 2.22. The summed E-state index contributed by atoms with van der Waals surface area (Å²) in [7, 11) is 2.31. The Kier molecular flexibility index (Phi) is 42.9. The molecule has 1 unspecified atom stereocenters. The summed E-state index contributed by atoms with van der Waals surface area (Å²) >= 11 is 0. The molecule has 0 radical (unpaired) electrons. The summed E-state index contributed by atoms with van der Waals surface area (Å²) < 4.78 is 0. The maximum absolute atomic E-state index is 8.00. The van der Waals surface area contributed by atoms with Crippen molar-refractivity contribution in [3.63, 3.8) is 0 Å². The molecule has 0 aromatic carbocycles. The second kappa shape index (κ2) is 41.5. The average Bonchev–Trinajstić information content (AvgIpc) is 3.09. The molecule has 1 fully saturated rings. The minimum absolute atomic E-state index is 0.886. The third-order valence-corrected chi connectivity index (χ3v) is 10.6. The van der Waals surface area contributed by atoms with E-state index >= 15 is 0 Å². The molecule has 0 amide bonds. The normalized spacial score (nSPS) is 16.2. The Labute approximate surface area is 299 Å². The SMILES string of the molecule is C=C(CCCCCCCN(C)CCCCCCCC)CCC(C)CCCCCC.C=O.CC1CCCCCCCCCCCCCC1. The van der Waals surface area contributed by atoms with E-state index in [1.54, 1.807) is 0 Å². The van der Waals surface area contributed by atoms with Crippen LogP contribution in [-0.4, -0.2) is 31.8 Å². The van der Waals surface area contributed by atoms with Crippen LogP contribution in [0.3, 0.4) is 0 Å². The van der Waals surface area contributed by atoms with Crippen molar-refractivity contribution >= 4 is 6.79 Å². The molecule has 0 aromatic heterocycles. The first-order valence-corrected chi connectivity index (χ1v) is 21.6. The van der Waals surface area contributed by atoms with Crippen LogP contribution in [0.5, 0.6) is 0 Å². The van der Waals surface area contributed by atoms with Crippen molar-refractivity contribution in [1.29, 1.82) is 0 Å². The van der Waals surface area contributed by atoms with E-state index in [4.69, 9.17) is 4.79 Å². The first-order valence-electron chi connectivity index (χ1n) is 21.6. The van der Waals surface area contributed by atoms with Crippen LogP contribution < -0.4 is 0 Å². The molecule has 1 atom stereocenters. The highest BCUT2D eigenvalue weighted by molar-refractivity contribution is 5.11. The Balaban J connectivity index is 0. The molecule has 0 aliphatic heterocycles. The second-order valence-electron chi connectivity index (χ2n) is 15.8. The smallest absolute Gasteiger partial charge is 0.106 e. The molecule has 0 heterocycles. The predicted octanol–water partition coefficient (Wildman–Crippen LogP) is 15.5. The van der Waals surface area contributed by atoms with Crippen LogP contribution in [0.2, 0.25) is 0 Å². The van der Waals surface area contributed by atoms with Gasteiger partial charge in [-0.2, -0.15) is 0 Å². The number of hydrogen-bond acceptors (Lipinski definition) is 2. The van der Waals surface area contributed by atoms with E-state index in [9.17, 15) is 0 Å². The van der Waals surface area contributed by atoms with Crippen LogP contribution >= 0.6 is 0 Å². The maximum atomic E-state index is 8.00. The number of carbonyl (C=O) groups excluding carboxylic acids is 1. The van der Waals surface area contributed by atoms with Gasteiger partial charge in [-0.05, 0) is 70.5 Å². The molecule has 0 bridgehead atoms. The third kappa shape index (κ3) is 41.5. The Morgan fingerprint density at radius 3 is 1.40 bits per heavy atom. The van der Waals surface area contributed by atoms with Crippen LogP contribution in [0.25, 0.3) is 0 Å². The van der Waals surface area contributed by atoms with Crippen LogP contribution in [0.4, 0.5) is 0 Å². The van der Waals surface area contributed by atoms with Gasteiger partial charge in [-0.15, -0.1) is 0 Å². The van der Waals surface area contributed by atoms with Gasteiger partial charge in [0.25, 0.3) is 0 Å². The van der Waals surface area contributed by atoms with Crippen molar-refractivity contribution in [1.82, 2.24) is 4.90 Å². The minimum atomic E-state index is 0.886. The number of allylic oxidation sites excluding steroid dienone is 1. The van der Waals surface area contributed by atoms with E-state index in [0.29, 0.717) is 0 Å². The summed E-state index contributed by atoms with van der Waals surface area (Å²) in [6, 6.07) is 0. The van der Waals surface area contributed by atoms with Gasteiger partial charge in [0, 0.05) is 0 Å². The van der Waals surface area contributed by atoms with Gasteiger partial charge in [0.05, 0.1) is 0 Å². The molecule has 0 saturated heterocycles. The molecule has 1 aliphatic carbocycles. The van der Waals surface area contributed by atoms with Crippen LogP contribution in [-0.2, 0) is 4.79 Å². The molecular formula is C45H91NO. The molecule has 1 aliphatic rings. The Bertz CT molecular complexity index is 573. The molecule has 2 nitrogen and oxygen atoms in total. The van der Waals surface area contributed by atoms with E-state index in [-0.39, 0.29) is 0 Å². The fraction of sp³-hybridized carbons (Fsp3) is 0.933. The number of nitrogens with zero attached hydrogens (tertiary/aromatic N) is 1. The second-order valence-corrected chi connectivity index (χ2v) is 15.8. The zero-order chi connectivity index (χ0) is 35.1. The molecule has 1 rings (SSSR count). The summed E-state index contributed by atoms with van der Waals surface area (Å²) in [5.74, 6) is 1.88. The van der Waals surface area contributed by atoms with Gasteiger partial charge < -0.3 is 9.69 Å². The topological polar surface area (TPSA) is 20.3 Å². The average molecular weight is 662 g/mol. The largest absolute Gasteiger partial charge is 0.307 e. The van der Waals surface area contributed by atoms with Gasteiger partial charge >= 0.3 is 0 Å². The lowest BCUT2D eigenvalue weighted by molar-refractivity contribution is -0.0980. The Hall–Kier alpha value is -0.630. The lowest BCUT2D eigenvalue weighted by atomic mass is 9.94. The van der Waals surface area contributed by atoms with E-state index in [1.165, 1.54) is 231 Å². The zero-order valence-corrected chi connectivity index (χ0v) is 33.7. The number of carbonyl (C=O) groups is 1. The summed E-state index contributed by atoms with van der Waals surface area (Å²) in [4.78, 5) is 10.5. The van der Waals surface area contributed by atoms with Crippen LogP contribution in [0.15, 0.2) is 12.2 Å². The first-order chi connectivity index (χ1) is 23.0. The van der Waals surface area contributed by atoms with Crippen molar-refractivity contribution in [2.45, 2.75) is 240 Å². The molecule has 0 spiro atoms. The summed E-state index contributed by atoms with van der Waals surface area (Å²) in [5.41, 5.74) is 1.50. The number of unbranched alkanes of at least 4 members (excludes halogenated alkanes) is 12. The zero-order valence-electron chi connectivity index (χ0n) is 33.7. The van der Waals surface area contributed by atoms with Crippen molar-refractivity contribution < 1.29 is 4.79 Å². The van der Waals surface area contributed by atoms with Crippen molar-refractivity contribution in [3.05, 3.63) is 12.2 Å². The van der Waals surface area contributed by atoms with Gasteiger partial charge in [0.15, 0.2) is 0 Å². The van der Waals surface area contributed by atoms with Crippen molar-refractivity contribution in [2.75, 3.05) is 20.1 Å². The summed E-state index contributed by atoms with van der Waals surface area (Å²) in [6.07, 6.45) is 47.2. The fourth-order valence-corrected chi connectivity index (χ4v) is 7.10. The lowest BCUT2D eigenvalue weighted by Crippen LogP contribution is -2.20. The van der Waals surface area contributed by atoms with E-state index < -0.39 is 0 Å². The van der Waals surface area contributed by atoms with E-state index in [2.05, 4.69) is 46.2 Å². The van der Waals surface area contributed by atoms with Gasteiger partial charge in [-0.25, -0.2) is 0 Å². The van der Waals surface area contributed by atoms with Gasteiger partial charge in [0.2, 0.25) is 0 Å². The molecule has 0 N–H and O–H groups in total. The summed E-state index contributed by atoms with van der Waals surface area (Å²) in [5, 5.41) is 0. The highest BCUT2D eigenvalue weighted by Gasteiger charge is 2.05. The highest BCUT2D eigenvalue weighted by atomic mass is 16.1.